The monoisotopic (exact) mass is 685 g/mol. The zero-order valence-electron chi connectivity index (χ0n) is 23.0. The average molecular weight is 685 g/mol. The summed E-state index contributed by atoms with van der Waals surface area (Å²) in [4.78, 5) is 8.81. The normalized spacial score (nSPS) is 12.9. The first-order valence-electron chi connectivity index (χ1n) is 13.0. The van der Waals surface area contributed by atoms with Crippen molar-refractivity contribution < 1.29 is 20.1 Å². The number of pyridine rings is 2. The molecule has 0 N–H and O–H groups in total. The van der Waals surface area contributed by atoms with Crippen LogP contribution in [-0.4, -0.2) is 9.97 Å². The van der Waals surface area contributed by atoms with Crippen molar-refractivity contribution in [2.45, 2.75) is 40.0 Å². The van der Waals surface area contributed by atoms with E-state index in [2.05, 4.69) is 98.3 Å². The van der Waals surface area contributed by atoms with Gasteiger partial charge in [0.2, 0.25) is 0 Å². The minimum atomic E-state index is 0. The van der Waals surface area contributed by atoms with Gasteiger partial charge in [-0.1, -0.05) is 61.4 Å². The summed E-state index contributed by atoms with van der Waals surface area (Å²) in [5, 5.41) is 0. The van der Waals surface area contributed by atoms with Gasteiger partial charge in [0, 0.05) is 37.9 Å². The summed E-state index contributed by atoms with van der Waals surface area (Å²) in [5.74, 6) is 0. The molecule has 0 aliphatic heterocycles. The van der Waals surface area contributed by atoms with E-state index in [4.69, 9.17) is 0 Å². The first-order chi connectivity index (χ1) is 18.3. The summed E-state index contributed by atoms with van der Waals surface area (Å²) in [6.07, 6.45) is 6.04. The molecule has 0 fully saturated rings. The molecule has 0 unspecified atom stereocenters. The number of rotatable bonds is 3. The standard InChI is InChI=1S/C24H22N.C12H10N.Ir/c1-16-10-11-25-23(12-16)20-7-5-6-18(14-20)19-8-9-22-21(15-19)13-17(2)24(22,3)4;1-10-7-8-12(13-9-10)11-5-3-2-4-6-11;/h5-6,8-15H,1-4H3;2-5,7-9H,1H3;/q2*-1;. The SMILES string of the molecule is CC1=Cc2cc(-c3cc[c-]c(-c4cc(C)ccn4)c3)ccc2C1(C)C.Cc1ccc(-c2[c-]cccc2)nc1.[Ir]. The van der Waals surface area contributed by atoms with Gasteiger partial charge in [-0.05, 0) is 66.5 Å². The fraction of sp³-hybridized carbons (Fsp3) is 0.167. The third kappa shape index (κ3) is 6.33. The van der Waals surface area contributed by atoms with Gasteiger partial charge < -0.3 is 9.97 Å². The predicted octanol–water partition coefficient (Wildman–Crippen LogP) is 9.07. The topological polar surface area (TPSA) is 25.8 Å². The molecule has 0 spiro atoms. The van der Waals surface area contributed by atoms with E-state index < -0.39 is 0 Å². The van der Waals surface area contributed by atoms with Crippen molar-refractivity contribution in [3.63, 3.8) is 0 Å². The number of aromatic nitrogens is 2. The largest absolute Gasteiger partial charge is 0.305 e. The van der Waals surface area contributed by atoms with Crippen LogP contribution >= 0.6 is 0 Å². The van der Waals surface area contributed by atoms with Gasteiger partial charge in [-0.3, -0.25) is 0 Å². The van der Waals surface area contributed by atoms with Crippen LogP contribution in [0.1, 0.15) is 43.0 Å². The van der Waals surface area contributed by atoms with E-state index in [1.165, 1.54) is 39.0 Å². The minimum Gasteiger partial charge on any atom is -0.305 e. The molecule has 6 rings (SSSR count). The van der Waals surface area contributed by atoms with Gasteiger partial charge in [0.1, 0.15) is 0 Å². The molecule has 0 saturated carbocycles. The number of aryl methyl sites for hydroxylation is 2. The molecule has 0 atom stereocenters. The van der Waals surface area contributed by atoms with Crippen LogP contribution in [0.5, 0.6) is 0 Å². The van der Waals surface area contributed by atoms with E-state index in [-0.39, 0.29) is 25.5 Å². The molecule has 1 radical (unpaired) electrons. The third-order valence-corrected chi connectivity index (χ3v) is 7.31. The van der Waals surface area contributed by atoms with Crippen molar-refractivity contribution in [2.24, 2.45) is 0 Å². The Hall–Kier alpha value is -3.65. The van der Waals surface area contributed by atoms with Gasteiger partial charge in [0.05, 0.1) is 0 Å². The van der Waals surface area contributed by atoms with E-state index >= 15 is 0 Å². The van der Waals surface area contributed by atoms with Crippen LogP contribution in [-0.2, 0) is 25.5 Å². The number of hydrogen-bond acceptors (Lipinski definition) is 2. The molecular formula is C36H32IrN2-2. The second-order valence-corrected chi connectivity index (χ2v) is 10.5. The van der Waals surface area contributed by atoms with E-state index in [0.29, 0.717) is 0 Å². The van der Waals surface area contributed by atoms with Gasteiger partial charge in [-0.2, -0.15) is 0 Å². The maximum absolute atomic E-state index is 4.49. The van der Waals surface area contributed by atoms with Gasteiger partial charge in [0.25, 0.3) is 0 Å². The van der Waals surface area contributed by atoms with Crippen LogP contribution in [0.2, 0.25) is 0 Å². The van der Waals surface area contributed by atoms with E-state index in [0.717, 1.165) is 22.5 Å². The summed E-state index contributed by atoms with van der Waals surface area (Å²) in [6.45, 7) is 10.9. The van der Waals surface area contributed by atoms with Crippen LogP contribution in [0.25, 0.3) is 39.7 Å². The summed E-state index contributed by atoms with van der Waals surface area (Å²) < 4.78 is 0. The van der Waals surface area contributed by atoms with Crippen molar-refractivity contribution in [3.05, 3.63) is 137 Å². The van der Waals surface area contributed by atoms with Crippen molar-refractivity contribution >= 4 is 6.08 Å². The maximum atomic E-state index is 4.49. The second-order valence-electron chi connectivity index (χ2n) is 10.5. The molecule has 2 nitrogen and oxygen atoms in total. The Bertz CT molecular complexity index is 1600. The molecule has 2 aromatic heterocycles. The molecular weight excluding hydrogens is 653 g/mol. The summed E-state index contributed by atoms with van der Waals surface area (Å²) in [7, 11) is 0. The van der Waals surface area contributed by atoms with E-state index in [1.807, 2.05) is 61.8 Å². The zero-order valence-corrected chi connectivity index (χ0v) is 25.4. The quantitative estimate of drug-likeness (QED) is 0.177. The molecule has 0 bridgehead atoms. The maximum Gasteiger partial charge on any atom is 0.0190 e. The number of fused-ring (bicyclic) bond motifs is 1. The Labute approximate surface area is 246 Å². The van der Waals surface area contributed by atoms with E-state index in [9.17, 15) is 0 Å². The molecule has 3 aromatic carbocycles. The van der Waals surface area contributed by atoms with Crippen LogP contribution in [0.3, 0.4) is 0 Å². The Balaban J connectivity index is 0.000000213. The van der Waals surface area contributed by atoms with Crippen LogP contribution in [0.15, 0.2) is 103 Å². The Kier molecular flexibility index (Phi) is 8.75. The molecule has 197 valence electrons. The van der Waals surface area contributed by atoms with Crippen molar-refractivity contribution in [3.8, 4) is 33.6 Å². The molecule has 0 saturated heterocycles. The molecule has 5 aromatic rings. The van der Waals surface area contributed by atoms with Crippen molar-refractivity contribution in [1.29, 1.82) is 0 Å². The molecule has 2 heterocycles. The summed E-state index contributed by atoms with van der Waals surface area (Å²) >= 11 is 0. The Morgan fingerprint density at radius 2 is 1.46 bits per heavy atom. The summed E-state index contributed by atoms with van der Waals surface area (Å²) in [5.41, 5.74) is 13.2. The van der Waals surface area contributed by atoms with Gasteiger partial charge in [-0.25, -0.2) is 0 Å². The number of nitrogens with zero attached hydrogens (tertiary/aromatic N) is 2. The van der Waals surface area contributed by atoms with Crippen molar-refractivity contribution in [1.82, 2.24) is 9.97 Å². The minimum absolute atomic E-state index is 0. The van der Waals surface area contributed by atoms with Gasteiger partial charge in [0.15, 0.2) is 0 Å². The number of benzene rings is 3. The van der Waals surface area contributed by atoms with Crippen LogP contribution in [0.4, 0.5) is 0 Å². The third-order valence-electron chi connectivity index (χ3n) is 7.31. The predicted molar refractivity (Wildman–Crippen MR) is 159 cm³/mol. The van der Waals surface area contributed by atoms with Crippen LogP contribution in [0, 0.1) is 26.0 Å². The molecule has 39 heavy (non-hydrogen) atoms. The molecule has 1 aliphatic carbocycles. The van der Waals surface area contributed by atoms with E-state index in [1.54, 1.807) is 0 Å². The van der Waals surface area contributed by atoms with Crippen LogP contribution < -0.4 is 0 Å². The fourth-order valence-corrected chi connectivity index (χ4v) is 4.71. The fourth-order valence-electron chi connectivity index (χ4n) is 4.71. The zero-order chi connectivity index (χ0) is 26.7. The first-order valence-corrected chi connectivity index (χ1v) is 13.0. The second kappa shape index (κ2) is 12.0. The van der Waals surface area contributed by atoms with Gasteiger partial charge >= 0.3 is 0 Å². The summed E-state index contributed by atoms with van der Waals surface area (Å²) in [6, 6.07) is 35.6. The molecule has 0 amide bonds. The Morgan fingerprint density at radius 1 is 0.667 bits per heavy atom. The average Bonchev–Trinajstić information content (AvgIpc) is 3.17. The van der Waals surface area contributed by atoms with Gasteiger partial charge in [-0.15, -0.1) is 71.3 Å². The number of hydrogen-bond donors (Lipinski definition) is 0. The molecule has 3 heteroatoms. The van der Waals surface area contributed by atoms with Crippen molar-refractivity contribution in [2.75, 3.05) is 0 Å². The first kappa shape index (κ1) is 28.4. The number of allylic oxidation sites excluding steroid dienone is 1. The molecule has 1 aliphatic rings. The smallest absolute Gasteiger partial charge is 0.0190 e. The Morgan fingerprint density at radius 3 is 2.18 bits per heavy atom.